The van der Waals surface area contributed by atoms with Crippen LogP contribution in [0.5, 0.6) is 0 Å². The van der Waals surface area contributed by atoms with Gasteiger partial charge < -0.3 is 5.73 Å². The van der Waals surface area contributed by atoms with Gasteiger partial charge in [-0.15, -0.1) is 11.3 Å². The number of thioether (sulfide) groups is 1. The van der Waals surface area contributed by atoms with E-state index in [1.165, 1.54) is 9.44 Å². The molecule has 1 aromatic carbocycles. The molecule has 156 valence electrons. The molecule has 0 aliphatic heterocycles. The van der Waals surface area contributed by atoms with Crippen LogP contribution in [0.2, 0.25) is 5.02 Å². The summed E-state index contributed by atoms with van der Waals surface area (Å²) in [6, 6.07) is 5.97. The van der Waals surface area contributed by atoms with Gasteiger partial charge in [0, 0.05) is 9.90 Å². The maximum atomic E-state index is 13.6. The number of hydrogen-bond acceptors (Lipinski definition) is 6. The third-order valence-electron chi connectivity index (χ3n) is 4.94. The Morgan fingerprint density at radius 2 is 1.97 bits per heavy atom. The van der Waals surface area contributed by atoms with Crippen LogP contribution in [0.4, 0.5) is 4.79 Å². The van der Waals surface area contributed by atoms with Gasteiger partial charge in [0.05, 0.1) is 16.3 Å². The molecule has 0 spiro atoms. The van der Waals surface area contributed by atoms with E-state index in [0.717, 1.165) is 43.0 Å². The first-order valence-corrected chi connectivity index (χ1v) is 11.5. The number of halogens is 1. The Hall–Kier alpha value is -2.36. The fourth-order valence-electron chi connectivity index (χ4n) is 3.52. The minimum absolute atomic E-state index is 0.160. The Bertz CT molecular complexity index is 1200. The highest BCUT2D eigenvalue weighted by Crippen LogP contribution is 2.35. The van der Waals surface area contributed by atoms with Crippen molar-refractivity contribution in [1.82, 2.24) is 14.9 Å². The Labute approximate surface area is 185 Å². The van der Waals surface area contributed by atoms with E-state index in [2.05, 4.69) is 5.32 Å². The molecule has 0 radical (unpaired) electrons. The minimum atomic E-state index is -0.920. The van der Waals surface area contributed by atoms with E-state index < -0.39 is 17.2 Å². The average Bonchev–Trinajstić information content (AvgIpc) is 3.07. The minimum Gasteiger partial charge on any atom is -0.351 e. The third-order valence-corrected chi connectivity index (χ3v) is 7.43. The second-order valence-corrected chi connectivity index (χ2v) is 9.84. The lowest BCUT2D eigenvalue weighted by molar-refractivity contribution is -0.119. The van der Waals surface area contributed by atoms with Crippen LogP contribution in [-0.4, -0.2) is 26.7 Å². The first kappa shape index (κ1) is 20.9. The first-order chi connectivity index (χ1) is 14.3. The highest BCUT2D eigenvalue weighted by atomic mass is 35.5. The highest BCUT2D eigenvalue weighted by molar-refractivity contribution is 8.00. The van der Waals surface area contributed by atoms with Crippen molar-refractivity contribution in [3.8, 4) is 5.69 Å². The number of primary amides is 1. The molecule has 2 heterocycles. The van der Waals surface area contributed by atoms with Gasteiger partial charge in [-0.1, -0.05) is 23.4 Å². The lowest BCUT2D eigenvalue weighted by atomic mass is 9.97. The summed E-state index contributed by atoms with van der Waals surface area (Å²) in [4.78, 5) is 43.5. The number of benzene rings is 1. The van der Waals surface area contributed by atoms with Crippen molar-refractivity contribution in [1.29, 1.82) is 0 Å². The van der Waals surface area contributed by atoms with Crippen LogP contribution in [0.1, 0.15) is 30.2 Å². The summed E-state index contributed by atoms with van der Waals surface area (Å²) in [5, 5.41) is 2.97. The van der Waals surface area contributed by atoms with E-state index in [0.29, 0.717) is 26.1 Å². The number of nitrogens with two attached hydrogens (primary N) is 1. The predicted octanol–water partition coefficient (Wildman–Crippen LogP) is 3.65. The van der Waals surface area contributed by atoms with Crippen LogP contribution >= 0.6 is 34.7 Å². The molecule has 1 aliphatic rings. The molecule has 4 rings (SSSR count). The SMILES string of the molecule is CC(Sc1nc2sc3c(c2c(=O)n1-c1ccc(Cl)cc1)CCCC3)C(=O)NC(N)=O. The van der Waals surface area contributed by atoms with Gasteiger partial charge in [-0.3, -0.25) is 19.5 Å². The number of rotatable bonds is 4. The molecule has 30 heavy (non-hydrogen) atoms. The zero-order valence-corrected chi connectivity index (χ0v) is 18.5. The summed E-state index contributed by atoms with van der Waals surface area (Å²) >= 11 is 8.67. The number of fused-ring (bicyclic) bond motifs is 3. The summed E-state index contributed by atoms with van der Waals surface area (Å²) in [5.41, 5.74) is 6.60. The molecule has 3 amide bonds. The molecule has 1 aliphatic carbocycles. The van der Waals surface area contributed by atoms with Crippen molar-refractivity contribution in [2.45, 2.75) is 43.0 Å². The maximum absolute atomic E-state index is 13.6. The Morgan fingerprint density at radius 3 is 2.67 bits per heavy atom. The topological polar surface area (TPSA) is 107 Å². The van der Waals surface area contributed by atoms with Gasteiger partial charge in [0.2, 0.25) is 5.91 Å². The Kier molecular flexibility index (Phi) is 5.86. The van der Waals surface area contributed by atoms with Crippen molar-refractivity contribution in [3.63, 3.8) is 0 Å². The first-order valence-electron chi connectivity index (χ1n) is 9.45. The molecule has 10 heteroatoms. The molecule has 1 unspecified atom stereocenters. The quantitative estimate of drug-likeness (QED) is 0.454. The van der Waals surface area contributed by atoms with Gasteiger partial charge >= 0.3 is 6.03 Å². The number of nitrogens with zero attached hydrogens (tertiary/aromatic N) is 2. The van der Waals surface area contributed by atoms with Crippen LogP contribution in [0.15, 0.2) is 34.2 Å². The molecule has 3 aromatic rings. The number of amides is 3. The van der Waals surface area contributed by atoms with E-state index in [1.54, 1.807) is 42.5 Å². The van der Waals surface area contributed by atoms with Crippen molar-refractivity contribution in [3.05, 3.63) is 50.1 Å². The molecule has 7 nitrogen and oxygen atoms in total. The van der Waals surface area contributed by atoms with Gasteiger partial charge in [-0.05, 0) is 62.4 Å². The summed E-state index contributed by atoms with van der Waals surface area (Å²) in [6.07, 6.45) is 3.99. The van der Waals surface area contributed by atoms with Crippen LogP contribution < -0.4 is 16.6 Å². The summed E-state index contributed by atoms with van der Waals surface area (Å²) < 4.78 is 1.51. The smallest absolute Gasteiger partial charge is 0.318 e. The Balaban J connectivity index is 1.88. The van der Waals surface area contributed by atoms with Crippen LogP contribution in [0.3, 0.4) is 0 Å². The second kappa shape index (κ2) is 8.41. The molecular weight excluding hydrogens is 444 g/mol. The van der Waals surface area contributed by atoms with Gasteiger partial charge in [-0.2, -0.15) is 0 Å². The number of imide groups is 1. The fraction of sp³-hybridized carbons (Fsp3) is 0.300. The van der Waals surface area contributed by atoms with Gasteiger partial charge in [0.25, 0.3) is 5.56 Å². The number of hydrogen-bond donors (Lipinski definition) is 2. The van der Waals surface area contributed by atoms with E-state index in [4.69, 9.17) is 22.3 Å². The van der Waals surface area contributed by atoms with E-state index in [1.807, 2.05) is 0 Å². The fourth-order valence-corrected chi connectivity index (χ4v) is 5.87. The zero-order valence-electron chi connectivity index (χ0n) is 16.1. The molecular formula is C20H19ClN4O3S2. The van der Waals surface area contributed by atoms with Gasteiger partial charge in [-0.25, -0.2) is 9.78 Å². The second-order valence-electron chi connectivity index (χ2n) is 7.02. The standard InChI is InChI=1S/C20H19ClN4O3S2/c1-10(16(26)23-19(22)28)29-20-24-17-15(13-4-2-3-5-14(13)30-17)18(27)25(20)12-8-6-11(21)7-9-12/h6-10H,2-5H2,1H3,(H3,22,23,26,28). The van der Waals surface area contributed by atoms with Crippen molar-refractivity contribution >= 4 is 56.9 Å². The molecule has 0 saturated carbocycles. The van der Waals surface area contributed by atoms with Crippen molar-refractivity contribution < 1.29 is 9.59 Å². The molecule has 0 saturated heterocycles. The van der Waals surface area contributed by atoms with Crippen LogP contribution in [0, 0.1) is 0 Å². The third kappa shape index (κ3) is 3.97. The Morgan fingerprint density at radius 1 is 1.27 bits per heavy atom. The molecule has 3 N–H and O–H groups in total. The van der Waals surface area contributed by atoms with Crippen molar-refractivity contribution in [2.24, 2.45) is 5.73 Å². The zero-order chi connectivity index (χ0) is 21.4. The number of carbonyl (C=O) groups excluding carboxylic acids is 2. The number of nitrogens with one attached hydrogen (secondary N) is 1. The predicted molar refractivity (Wildman–Crippen MR) is 120 cm³/mol. The number of aryl methyl sites for hydroxylation is 2. The van der Waals surface area contributed by atoms with Crippen molar-refractivity contribution in [2.75, 3.05) is 0 Å². The summed E-state index contributed by atoms with van der Waals surface area (Å²) in [7, 11) is 0. The molecule has 0 bridgehead atoms. The summed E-state index contributed by atoms with van der Waals surface area (Å²) in [5.74, 6) is -0.546. The monoisotopic (exact) mass is 462 g/mol. The van der Waals surface area contributed by atoms with Gasteiger partial charge in [0.15, 0.2) is 5.16 Å². The molecule has 1 atom stereocenters. The highest BCUT2D eigenvalue weighted by Gasteiger charge is 2.25. The van der Waals surface area contributed by atoms with Gasteiger partial charge in [0.1, 0.15) is 4.83 Å². The van der Waals surface area contributed by atoms with E-state index in [9.17, 15) is 14.4 Å². The van der Waals surface area contributed by atoms with E-state index in [-0.39, 0.29) is 5.56 Å². The summed E-state index contributed by atoms with van der Waals surface area (Å²) in [6.45, 7) is 1.63. The van der Waals surface area contributed by atoms with Crippen LogP contribution in [-0.2, 0) is 17.6 Å². The van der Waals surface area contributed by atoms with E-state index >= 15 is 0 Å². The normalized spacial score (nSPS) is 14.3. The van der Waals surface area contributed by atoms with Crippen LogP contribution in [0.25, 0.3) is 15.9 Å². The number of thiophene rings is 1. The lowest BCUT2D eigenvalue weighted by Crippen LogP contribution is -2.39. The molecule has 0 fully saturated rings. The largest absolute Gasteiger partial charge is 0.351 e. The lowest BCUT2D eigenvalue weighted by Gasteiger charge is -2.16. The molecule has 2 aromatic heterocycles. The number of urea groups is 1. The maximum Gasteiger partial charge on any atom is 0.318 e. The number of carbonyl (C=O) groups is 2. The number of aromatic nitrogens is 2. The average molecular weight is 463 g/mol.